The summed E-state index contributed by atoms with van der Waals surface area (Å²) in [5.41, 5.74) is -2.06. The number of amides is 1. The Labute approximate surface area is 240 Å². The number of carbonyl (C=O) groups excluding carboxylic acids is 1. The van der Waals surface area contributed by atoms with E-state index in [1.807, 2.05) is 0 Å². The van der Waals surface area contributed by atoms with Gasteiger partial charge in [-0.15, -0.1) is 23.2 Å². The van der Waals surface area contributed by atoms with Gasteiger partial charge in [0, 0.05) is 35.5 Å². The summed E-state index contributed by atoms with van der Waals surface area (Å²) >= 11 is 23.4. The van der Waals surface area contributed by atoms with Crippen LogP contribution in [0.4, 0.5) is 24.5 Å². The normalized spacial score (nSPS) is 22.9. The van der Waals surface area contributed by atoms with E-state index in [4.69, 9.17) is 51.5 Å². The highest BCUT2D eigenvalue weighted by Crippen LogP contribution is 2.38. The molecule has 0 aromatic heterocycles. The fourth-order valence-electron chi connectivity index (χ4n) is 3.90. The number of nitrogens with zero attached hydrogens (tertiary/aromatic N) is 3. The van der Waals surface area contributed by atoms with Gasteiger partial charge in [0.05, 0.1) is 16.3 Å². The van der Waals surface area contributed by atoms with E-state index in [9.17, 15) is 32.7 Å². The number of hydrogen-bond donors (Lipinski definition) is 2. The van der Waals surface area contributed by atoms with E-state index in [-0.39, 0.29) is 46.9 Å². The molecule has 1 amide bonds. The Hall–Kier alpha value is -2.73. The summed E-state index contributed by atoms with van der Waals surface area (Å²) in [6, 6.07) is 9.09. The Balaban J connectivity index is 0.000000216. The zero-order valence-corrected chi connectivity index (χ0v) is 22.9. The molecule has 3 unspecified atom stereocenters. The molecule has 39 heavy (non-hydrogen) atoms. The van der Waals surface area contributed by atoms with E-state index in [2.05, 4.69) is 5.10 Å². The van der Waals surface area contributed by atoms with Gasteiger partial charge in [0.2, 0.25) is 5.91 Å². The van der Waals surface area contributed by atoms with E-state index in [0.29, 0.717) is 5.02 Å². The van der Waals surface area contributed by atoms with Crippen LogP contribution < -0.4 is 9.91 Å². The quantitative estimate of drug-likeness (QED) is 0.393. The van der Waals surface area contributed by atoms with Gasteiger partial charge in [-0.1, -0.05) is 29.3 Å². The number of anilines is 2. The molecule has 210 valence electrons. The molecule has 0 spiro atoms. The van der Waals surface area contributed by atoms with Crippen molar-refractivity contribution >= 4 is 81.3 Å². The van der Waals surface area contributed by atoms with Crippen molar-refractivity contribution in [3.63, 3.8) is 0 Å². The molecule has 8 nitrogen and oxygen atoms in total. The molecule has 15 heteroatoms. The van der Waals surface area contributed by atoms with Gasteiger partial charge in [-0.2, -0.15) is 18.3 Å². The lowest BCUT2D eigenvalue weighted by atomic mass is 9.95. The molecule has 0 saturated carbocycles. The topological polar surface area (TPSA) is 111 Å². The van der Waals surface area contributed by atoms with E-state index < -0.39 is 40.5 Å². The number of hydrazone groups is 1. The third-order valence-electron chi connectivity index (χ3n) is 6.06. The van der Waals surface area contributed by atoms with Gasteiger partial charge in [-0.3, -0.25) is 4.79 Å². The zero-order valence-electron chi connectivity index (χ0n) is 19.9. The maximum atomic E-state index is 12.6. The summed E-state index contributed by atoms with van der Waals surface area (Å²) in [6.07, 6.45) is -4.67. The highest BCUT2D eigenvalue weighted by molar-refractivity contribution is 6.39. The molecule has 3 atom stereocenters. The van der Waals surface area contributed by atoms with Crippen molar-refractivity contribution < 1.29 is 37.8 Å². The summed E-state index contributed by atoms with van der Waals surface area (Å²) in [5, 5.41) is 23.1. The minimum atomic E-state index is -4.44. The summed E-state index contributed by atoms with van der Waals surface area (Å²) in [6.45, 7) is 1.62. The van der Waals surface area contributed by atoms with E-state index in [1.54, 1.807) is 0 Å². The van der Waals surface area contributed by atoms with Crippen LogP contribution in [-0.2, 0) is 20.6 Å². The Morgan fingerprint density at radius 1 is 1.15 bits per heavy atom. The molecule has 4 rings (SSSR count). The van der Waals surface area contributed by atoms with Crippen LogP contribution in [0.25, 0.3) is 0 Å². The van der Waals surface area contributed by atoms with Crippen molar-refractivity contribution in [3.05, 3.63) is 58.1 Å². The van der Waals surface area contributed by atoms with Gasteiger partial charge in [0.25, 0.3) is 0 Å². The first-order chi connectivity index (χ1) is 18.1. The summed E-state index contributed by atoms with van der Waals surface area (Å²) < 4.78 is 37.9. The van der Waals surface area contributed by atoms with Crippen molar-refractivity contribution in [2.75, 3.05) is 22.3 Å². The maximum absolute atomic E-state index is 12.6. The lowest BCUT2D eigenvalue weighted by molar-refractivity contribution is -0.142. The highest BCUT2D eigenvalue weighted by atomic mass is 35.5. The number of hydrogen-bond acceptors (Lipinski definition) is 5. The van der Waals surface area contributed by atoms with Crippen molar-refractivity contribution in [1.82, 2.24) is 0 Å². The van der Waals surface area contributed by atoms with Crippen LogP contribution in [0.1, 0.15) is 18.9 Å². The fourth-order valence-corrected chi connectivity index (χ4v) is 5.04. The van der Waals surface area contributed by atoms with Crippen molar-refractivity contribution in [2.24, 2.45) is 11.0 Å². The number of rotatable bonds is 5. The van der Waals surface area contributed by atoms with Gasteiger partial charge < -0.3 is 15.1 Å². The molecule has 1 saturated heterocycles. The lowest BCUT2D eigenvalue weighted by Gasteiger charge is -2.30. The molecule has 0 bridgehead atoms. The molecule has 2 aliphatic rings. The van der Waals surface area contributed by atoms with Gasteiger partial charge in [-0.05, 0) is 43.3 Å². The number of carboxylic acid groups (broad SMARTS) is 2. The minimum Gasteiger partial charge on any atom is -0.479 e. The molecule has 2 aliphatic heterocycles. The first kappa shape index (κ1) is 30.8. The maximum Gasteiger partial charge on any atom is 0.416 e. The number of halogens is 7. The molecule has 2 N–H and O–H groups in total. The van der Waals surface area contributed by atoms with E-state index in [1.165, 1.54) is 42.2 Å². The van der Waals surface area contributed by atoms with Crippen LogP contribution in [0.5, 0.6) is 0 Å². The molecule has 2 aromatic rings. The van der Waals surface area contributed by atoms with Crippen molar-refractivity contribution in [2.45, 2.75) is 30.4 Å². The summed E-state index contributed by atoms with van der Waals surface area (Å²) in [4.78, 5) is 35.6. The van der Waals surface area contributed by atoms with Gasteiger partial charge in [-0.25, -0.2) is 14.6 Å². The zero-order chi connectivity index (χ0) is 29.3. The predicted octanol–water partition coefficient (Wildman–Crippen LogP) is 6.00. The number of alkyl halides is 5. The Bertz CT molecular complexity index is 1330. The first-order valence-corrected chi connectivity index (χ1v) is 12.8. The number of benzene rings is 2. The Morgan fingerprint density at radius 3 is 2.33 bits per heavy atom. The standard InChI is InChI=1S/C12H10Cl2F3NO.C12H10Cl2N2O4/c13-5-7-6-18(11(19)10(7)14)9-3-1-2-8(4-9)12(15,16)17;1-12(11(19)20)5-8(10(17)18)15-16(12)9-3-2-6(13)4-7(9)14/h1-4,7,10H,5-6H2;2-4H,5H2,1H3,(H,17,18)(H,19,20). The van der Waals surface area contributed by atoms with Gasteiger partial charge in [0.15, 0.2) is 5.54 Å². The van der Waals surface area contributed by atoms with Crippen LogP contribution in [0.2, 0.25) is 10.0 Å². The predicted molar refractivity (Wildman–Crippen MR) is 142 cm³/mol. The molecule has 1 fully saturated rings. The third kappa shape index (κ3) is 6.54. The van der Waals surface area contributed by atoms with Crippen LogP contribution in [0.3, 0.4) is 0 Å². The average Bonchev–Trinajstić information content (AvgIpc) is 3.37. The summed E-state index contributed by atoms with van der Waals surface area (Å²) in [5.74, 6) is -2.93. The number of carboxylic acids is 2. The number of aliphatic carboxylic acids is 2. The molecular weight excluding hydrogens is 609 g/mol. The second-order valence-corrected chi connectivity index (χ2v) is 10.5. The van der Waals surface area contributed by atoms with E-state index >= 15 is 0 Å². The van der Waals surface area contributed by atoms with Crippen LogP contribution in [0, 0.1) is 5.92 Å². The second-order valence-electron chi connectivity index (χ2n) is 8.83. The van der Waals surface area contributed by atoms with Crippen LogP contribution >= 0.6 is 46.4 Å². The molecule has 2 heterocycles. The molecule has 0 aliphatic carbocycles. The Kier molecular flexibility index (Phi) is 9.31. The Morgan fingerprint density at radius 2 is 1.82 bits per heavy atom. The second kappa shape index (κ2) is 11.8. The lowest BCUT2D eigenvalue weighted by Crippen LogP contribution is -2.47. The average molecular weight is 629 g/mol. The van der Waals surface area contributed by atoms with Gasteiger partial charge >= 0.3 is 18.1 Å². The molecular formula is C24H20Cl4F3N3O5. The largest absolute Gasteiger partial charge is 0.479 e. The van der Waals surface area contributed by atoms with Crippen molar-refractivity contribution in [1.29, 1.82) is 0 Å². The van der Waals surface area contributed by atoms with Crippen molar-refractivity contribution in [3.8, 4) is 0 Å². The first-order valence-electron chi connectivity index (χ1n) is 11.1. The van der Waals surface area contributed by atoms with Crippen LogP contribution in [-0.4, -0.2) is 57.1 Å². The van der Waals surface area contributed by atoms with Crippen LogP contribution in [0.15, 0.2) is 47.6 Å². The fraction of sp³-hybridized carbons (Fsp3) is 0.333. The minimum absolute atomic E-state index is 0.190. The molecule has 0 radical (unpaired) electrons. The monoisotopic (exact) mass is 627 g/mol. The smallest absolute Gasteiger partial charge is 0.416 e. The third-order valence-corrected chi connectivity index (χ3v) is 7.54. The number of carbonyl (C=O) groups is 3. The molecule has 2 aromatic carbocycles. The van der Waals surface area contributed by atoms with E-state index in [0.717, 1.165) is 17.1 Å². The van der Waals surface area contributed by atoms with Gasteiger partial charge in [0.1, 0.15) is 11.1 Å². The highest BCUT2D eigenvalue weighted by Gasteiger charge is 2.48. The summed E-state index contributed by atoms with van der Waals surface area (Å²) in [7, 11) is 0. The SMILES string of the molecule is CC1(C(=O)O)CC(C(=O)O)=NN1c1ccc(Cl)cc1Cl.O=C1C(Cl)C(CCl)CN1c1cccc(C(F)(F)F)c1.